The minimum Gasteiger partial charge on any atom is -0.477 e. The van der Waals surface area contributed by atoms with E-state index in [1.54, 1.807) is 11.8 Å². The van der Waals surface area contributed by atoms with Gasteiger partial charge in [-0.1, -0.05) is 37.0 Å². The number of anilines is 2. The zero-order valence-corrected chi connectivity index (χ0v) is 32.6. The number of thiocarbonyl (C=S) groups is 1. The molecule has 0 radical (unpaired) electrons. The molecule has 20 heteroatoms. The van der Waals surface area contributed by atoms with Crippen molar-refractivity contribution in [3.05, 3.63) is 67.3 Å². The molecule has 3 atom stereocenters. The van der Waals surface area contributed by atoms with Crippen molar-refractivity contribution in [3.8, 4) is 0 Å². The Morgan fingerprint density at radius 2 is 1.83 bits per heavy atom. The summed E-state index contributed by atoms with van der Waals surface area (Å²) in [5.74, 6) is -5.65. The number of likely N-dealkylation sites (N-methyl/N-ethyl adjacent to an activating group) is 1. The number of aromatic nitrogens is 1. The summed E-state index contributed by atoms with van der Waals surface area (Å²) in [7, 11) is 1.89. The van der Waals surface area contributed by atoms with Gasteiger partial charge < -0.3 is 29.9 Å². The van der Waals surface area contributed by atoms with Crippen LogP contribution in [0, 0.1) is 11.6 Å². The van der Waals surface area contributed by atoms with Crippen molar-refractivity contribution in [2.24, 2.45) is 0 Å². The van der Waals surface area contributed by atoms with E-state index in [1.165, 1.54) is 27.7 Å². The van der Waals surface area contributed by atoms with Crippen LogP contribution in [0.1, 0.15) is 41.5 Å². The number of carboxylic acid groups (broad SMARTS) is 2. The molecule has 2 aromatic heterocycles. The number of hydrogen-bond acceptors (Lipinski definition) is 12. The highest BCUT2D eigenvalue weighted by atomic mass is 32.2. The second-order valence-corrected chi connectivity index (χ2v) is 16.8. The number of hydrogen-bond donors (Lipinski definition) is 5. The molecule has 6 rings (SSSR count). The summed E-state index contributed by atoms with van der Waals surface area (Å²) in [6.45, 7) is 5.17. The number of thioether (sulfide) groups is 2. The van der Waals surface area contributed by atoms with Crippen LogP contribution in [-0.2, 0) is 20.8 Å². The number of aliphatic carboxylic acids is 1. The fraction of sp³-hybridized carbons (Fsp3) is 0.412. The topological polar surface area (TPSA) is 177 Å². The van der Waals surface area contributed by atoms with Crippen LogP contribution in [0.15, 0.2) is 39.8 Å². The summed E-state index contributed by atoms with van der Waals surface area (Å²) in [6, 6.07) is 2.28. The van der Waals surface area contributed by atoms with E-state index in [9.17, 15) is 34.2 Å². The van der Waals surface area contributed by atoms with Gasteiger partial charge in [-0.3, -0.25) is 30.1 Å². The predicted molar refractivity (Wildman–Crippen MR) is 209 cm³/mol. The van der Waals surface area contributed by atoms with Crippen molar-refractivity contribution in [3.63, 3.8) is 0 Å². The minimum atomic E-state index is -1.56. The van der Waals surface area contributed by atoms with Crippen molar-refractivity contribution in [1.82, 2.24) is 25.1 Å². The van der Waals surface area contributed by atoms with Gasteiger partial charge in [0.15, 0.2) is 16.0 Å². The highest BCUT2D eigenvalue weighted by Gasteiger charge is 2.54. The van der Waals surface area contributed by atoms with Gasteiger partial charge in [-0.2, -0.15) is 0 Å². The van der Waals surface area contributed by atoms with Crippen LogP contribution in [0.4, 0.5) is 20.2 Å². The van der Waals surface area contributed by atoms with Gasteiger partial charge in [0.05, 0.1) is 17.3 Å². The summed E-state index contributed by atoms with van der Waals surface area (Å²) >= 11 is 9.15. The van der Waals surface area contributed by atoms with E-state index in [-0.39, 0.29) is 45.1 Å². The number of hydrazine groups is 1. The Balaban J connectivity index is 1.24. The lowest BCUT2D eigenvalue weighted by Crippen LogP contribution is -2.70. The molecule has 2 fully saturated rings. The fourth-order valence-corrected chi connectivity index (χ4v) is 9.61. The van der Waals surface area contributed by atoms with Crippen molar-refractivity contribution in [2.75, 3.05) is 55.1 Å². The standard InChI is InChI=1S/C34H37F2N7O7S4/c1-4-16(2)42-13-19(32(47)48)29(45)21-24(22(35)28(23(36)27(21)42)41-9-7-40(3)8-10-41)38-39-34(51)54-15-17-14-53-31-25(30(46)43(31)26(17)33(49)50)37-20(44)12-18-6-5-11-52-18/h5-6,11,13,16,25,31,38H,4,7-10,12,14-15H2,1-3H3,(H,37,44)(H,39,51)(H,47,48)(H,49,50)/t16?,25-,31-/m1/s1. The van der Waals surface area contributed by atoms with E-state index >= 15 is 8.78 Å². The molecule has 0 bridgehead atoms. The van der Waals surface area contributed by atoms with Gasteiger partial charge in [-0.15, -0.1) is 23.1 Å². The van der Waals surface area contributed by atoms with Crippen LogP contribution in [-0.4, -0.2) is 109 Å². The first kappa shape index (κ1) is 39.5. The number of amides is 2. The molecule has 3 aromatic rings. The number of carboxylic acids is 2. The zero-order valence-electron chi connectivity index (χ0n) is 29.3. The van der Waals surface area contributed by atoms with E-state index in [4.69, 9.17) is 12.2 Å². The maximum Gasteiger partial charge on any atom is 0.352 e. The average molecular weight is 822 g/mol. The van der Waals surface area contributed by atoms with Crippen molar-refractivity contribution in [1.29, 1.82) is 0 Å². The fourth-order valence-electron chi connectivity index (χ4n) is 6.54. The predicted octanol–water partition coefficient (Wildman–Crippen LogP) is 3.68. The maximum atomic E-state index is 16.6. The number of β-lactam (4-membered cyclic amide) rings is 1. The Morgan fingerprint density at radius 3 is 2.46 bits per heavy atom. The van der Waals surface area contributed by atoms with E-state index in [2.05, 4.69) is 16.2 Å². The number of carbonyl (C=O) groups is 4. The lowest BCUT2D eigenvalue weighted by molar-refractivity contribution is -0.150. The normalized spacial score (nSPS) is 19.3. The van der Waals surface area contributed by atoms with Gasteiger partial charge in [0.2, 0.25) is 11.3 Å². The first-order valence-electron chi connectivity index (χ1n) is 16.9. The number of nitrogens with zero attached hydrogens (tertiary/aromatic N) is 4. The highest BCUT2D eigenvalue weighted by molar-refractivity contribution is 8.23. The van der Waals surface area contributed by atoms with Crippen LogP contribution < -0.4 is 26.5 Å². The van der Waals surface area contributed by atoms with Gasteiger partial charge in [-0.25, -0.2) is 18.4 Å². The Morgan fingerprint density at radius 1 is 1.11 bits per heavy atom. The molecule has 1 aromatic carbocycles. The smallest absolute Gasteiger partial charge is 0.352 e. The molecule has 2 amide bonds. The van der Waals surface area contributed by atoms with Crippen LogP contribution >= 0.6 is 47.1 Å². The third-order valence-corrected chi connectivity index (χ3v) is 13.1. The summed E-state index contributed by atoms with van der Waals surface area (Å²) in [4.78, 5) is 69.4. The van der Waals surface area contributed by atoms with Crippen molar-refractivity contribution in [2.45, 2.75) is 44.1 Å². The molecule has 3 aliphatic heterocycles. The molecule has 288 valence electrons. The van der Waals surface area contributed by atoms with E-state index in [0.29, 0.717) is 38.2 Å². The van der Waals surface area contributed by atoms with E-state index in [0.717, 1.165) is 27.7 Å². The van der Waals surface area contributed by atoms with Gasteiger partial charge in [0.1, 0.15) is 34.1 Å². The maximum absolute atomic E-state index is 16.6. The van der Waals surface area contributed by atoms with Gasteiger partial charge in [-0.05, 0) is 37.4 Å². The number of fused-ring (bicyclic) bond motifs is 2. The SMILES string of the molecule is CCC(C)n1cc(C(=O)O)c(=O)c2c(NNC(=S)SCC3=C(C(=O)O)N4C(=O)[C@@H](NC(=O)Cc5cccs5)[C@H]4SC3)c(F)c(N3CCN(C)CC3)c(F)c21. The average Bonchev–Trinajstić information content (AvgIpc) is 3.65. The molecule has 0 saturated carbocycles. The number of pyridine rings is 1. The number of rotatable bonds is 12. The number of piperazine rings is 1. The molecule has 0 spiro atoms. The lowest BCUT2D eigenvalue weighted by Gasteiger charge is -2.49. The molecule has 2 saturated heterocycles. The Labute approximate surface area is 325 Å². The largest absolute Gasteiger partial charge is 0.477 e. The van der Waals surface area contributed by atoms with Gasteiger partial charge in [0, 0.05) is 54.8 Å². The van der Waals surface area contributed by atoms with E-state index < -0.39 is 69.0 Å². The summed E-state index contributed by atoms with van der Waals surface area (Å²) in [6.07, 6.45) is 1.63. The quantitative estimate of drug-likeness (QED) is 0.102. The molecular formula is C34H37F2N7O7S4. The summed E-state index contributed by atoms with van der Waals surface area (Å²) < 4.78 is 34.5. The minimum absolute atomic E-state index is 0.0111. The second kappa shape index (κ2) is 16.2. The summed E-state index contributed by atoms with van der Waals surface area (Å²) in [5, 5.41) is 23.4. The highest BCUT2D eigenvalue weighted by Crippen LogP contribution is 2.42. The number of halogens is 2. The first-order valence-corrected chi connectivity index (χ1v) is 20.2. The van der Waals surface area contributed by atoms with Crippen LogP contribution in [0.5, 0.6) is 0 Å². The lowest BCUT2D eigenvalue weighted by atomic mass is 10.0. The van der Waals surface area contributed by atoms with E-state index in [1.807, 2.05) is 36.4 Å². The number of carbonyl (C=O) groups excluding carboxylic acids is 2. The van der Waals surface area contributed by atoms with Crippen LogP contribution in [0.2, 0.25) is 0 Å². The molecular weight excluding hydrogens is 785 g/mol. The number of aromatic carboxylic acids is 1. The van der Waals surface area contributed by atoms with Crippen molar-refractivity contribution >= 4 is 97.4 Å². The third kappa shape index (κ3) is 7.53. The van der Waals surface area contributed by atoms with Crippen LogP contribution in [0.25, 0.3) is 10.9 Å². The monoisotopic (exact) mass is 821 g/mol. The second-order valence-electron chi connectivity index (χ2n) is 13.0. The van der Waals surface area contributed by atoms with Gasteiger partial charge in [0.25, 0.3) is 5.91 Å². The molecule has 5 N–H and O–H groups in total. The Bertz CT molecular complexity index is 2120. The third-order valence-electron chi connectivity index (χ3n) is 9.59. The molecule has 54 heavy (non-hydrogen) atoms. The Hall–Kier alpha value is -4.24. The van der Waals surface area contributed by atoms with Gasteiger partial charge >= 0.3 is 11.9 Å². The molecule has 1 unspecified atom stereocenters. The molecule has 5 heterocycles. The number of benzene rings is 1. The summed E-state index contributed by atoms with van der Waals surface area (Å²) in [5.41, 5.74) is 2.56. The molecule has 3 aliphatic rings. The van der Waals surface area contributed by atoms with Crippen LogP contribution in [0.3, 0.4) is 0 Å². The number of nitrogens with one attached hydrogen (secondary N) is 3. The first-order chi connectivity index (χ1) is 25.7. The van der Waals surface area contributed by atoms with Crippen molar-refractivity contribution < 1.29 is 38.2 Å². The zero-order chi connectivity index (χ0) is 39.0. The Kier molecular flexibility index (Phi) is 11.9. The molecule has 0 aliphatic carbocycles. The molecule has 14 nitrogen and oxygen atoms in total. The number of thiophene rings is 1.